The molecule has 3 rings (SSSR count). The Balaban J connectivity index is 1.92. The van der Waals surface area contributed by atoms with Crippen LogP contribution in [0.1, 0.15) is 22.0 Å². The lowest BCUT2D eigenvalue weighted by atomic mass is 10.0. The number of rotatable bonds is 4. The largest absolute Gasteiger partial charge is 0.493 e. The summed E-state index contributed by atoms with van der Waals surface area (Å²) in [7, 11) is 0. The van der Waals surface area contributed by atoms with Gasteiger partial charge in [0.2, 0.25) is 0 Å². The molecule has 0 bridgehead atoms. The zero-order chi connectivity index (χ0) is 14.1. The first-order valence-electron chi connectivity index (χ1n) is 6.32. The molecule has 2 heterocycles. The van der Waals surface area contributed by atoms with Gasteiger partial charge in [0.1, 0.15) is 5.75 Å². The number of hydrogen-bond donors (Lipinski definition) is 2. The summed E-state index contributed by atoms with van der Waals surface area (Å²) in [4.78, 5) is 1.21. The van der Waals surface area contributed by atoms with Crippen LogP contribution in [0.15, 0.2) is 32.5 Å². The molecule has 0 fully saturated rings. The first-order valence-corrected chi connectivity index (χ1v) is 8.78. The van der Waals surface area contributed by atoms with Gasteiger partial charge in [0, 0.05) is 20.2 Å². The number of fused-ring (bicyclic) bond motifs is 1. The Morgan fingerprint density at radius 1 is 1.40 bits per heavy atom. The maximum absolute atomic E-state index is 5.78. The zero-order valence-corrected chi connectivity index (χ0v) is 14.6. The molecule has 1 aliphatic rings. The molecule has 3 N–H and O–H groups in total. The molecule has 3 nitrogen and oxygen atoms in total. The average molecular weight is 418 g/mol. The highest BCUT2D eigenvalue weighted by atomic mass is 79.9. The fourth-order valence-corrected chi connectivity index (χ4v) is 4.76. The highest BCUT2D eigenvalue weighted by molar-refractivity contribution is 9.10. The minimum Gasteiger partial charge on any atom is -0.493 e. The predicted octanol–water partition coefficient (Wildman–Crippen LogP) is 3.96. The molecular weight excluding hydrogens is 404 g/mol. The van der Waals surface area contributed by atoms with Crippen LogP contribution in [-0.4, -0.2) is 6.61 Å². The minimum atomic E-state index is 0.0759. The fraction of sp³-hybridized carbons (Fsp3) is 0.286. The van der Waals surface area contributed by atoms with Gasteiger partial charge in [-0.15, -0.1) is 11.3 Å². The molecule has 0 aliphatic carbocycles. The Morgan fingerprint density at radius 3 is 2.95 bits per heavy atom. The van der Waals surface area contributed by atoms with Gasteiger partial charge in [-0.3, -0.25) is 11.3 Å². The van der Waals surface area contributed by atoms with Crippen LogP contribution in [0.2, 0.25) is 0 Å². The third-order valence-electron chi connectivity index (χ3n) is 3.41. The third-order valence-corrected chi connectivity index (χ3v) is 5.85. The summed E-state index contributed by atoms with van der Waals surface area (Å²) < 4.78 is 7.97. The summed E-state index contributed by atoms with van der Waals surface area (Å²) in [5.74, 6) is 6.78. The molecule has 1 unspecified atom stereocenters. The Morgan fingerprint density at radius 2 is 2.25 bits per heavy atom. The molecule has 0 spiro atoms. The Labute approximate surface area is 138 Å². The molecule has 0 saturated heterocycles. The minimum absolute atomic E-state index is 0.0759. The van der Waals surface area contributed by atoms with Gasteiger partial charge in [0.15, 0.2) is 0 Å². The molecule has 0 saturated carbocycles. The van der Waals surface area contributed by atoms with Gasteiger partial charge in [-0.05, 0) is 57.1 Å². The van der Waals surface area contributed by atoms with Crippen LogP contribution in [-0.2, 0) is 12.8 Å². The molecular formula is C14H14Br2N2OS. The van der Waals surface area contributed by atoms with Crippen LogP contribution in [0.5, 0.6) is 5.75 Å². The van der Waals surface area contributed by atoms with Crippen LogP contribution in [0, 0.1) is 0 Å². The van der Waals surface area contributed by atoms with Gasteiger partial charge >= 0.3 is 0 Å². The quantitative estimate of drug-likeness (QED) is 0.584. The summed E-state index contributed by atoms with van der Waals surface area (Å²) in [5, 5.41) is 2.06. The molecule has 0 radical (unpaired) electrons. The van der Waals surface area contributed by atoms with Crippen LogP contribution >= 0.6 is 43.2 Å². The number of benzene rings is 1. The van der Waals surface area contributed by atoms with Gasteiger partial charge in [-0.2, -0.15) is 0 Å². The monoisotopic (exact) mass is 416 g/mol. The maximum atomic E-state index is 5.78. The van der Waals surface area contributed by atoms with E-state index in [2.05, 4.69) is 54.8 Å². The van der Waals surface area contributed by atoms with Crippen molar-refractivity contribution in [3.8, 4) is 5.75 Å². The van der Waals surface area contributed by atoms with E-state index in [-0.39, 0.29) is 6.04 Å². The lowest BCUT2D eigenvalue weighted by Gasteiger charge is -2.17. The van der Waals surface area contributed by atoms with Crippen molar-refractivity contribution >= 4 is 43.2 Å². The Hall–Kier alpha value is -0.400. The standard InChI is InChI=1S/C14H14Br2N2OS/c15-10-5-8-1-3-19-13(8)9(6-10)7-12(18-17)14-11(16)2-4-20-14/h2,4-6,12,18H,1,3,7,17H2. The van der Waals surface area contributed by atoms with Crippen LogP contribution in [0.4, 0.5) is 0 Å². The van der Waals surface area contributed by atoms with E-state index < -0.39 is 0 Å². The second kappa shape index (κ2) is 6.15. The lowest BCUT2D eigenvalue weighted by Crippen LogP contribution is -2.29. The summed E-state index contributed by atoms with van der Waals surface area (Å²) in [6, 6.07) is 6.38. The van der Waals surface area contributed by atoms with Crippen molar-refractivity contribution < 1.29 is 4.74 Å². The number of halogens is 2. The maximum Gasteiger partial charge on any atom is 0.125 e. The molecule has 0 amide bonds. The molecule has 6 heteroatoms. The molecule has 106 valence electrons. The average Bonchev–Trinajstić information content (AvgIpc) is 3.04. The van der Waals surface area contributed by atoms with Crippen molar-refractivity contribution in [2.75, 3.05) is 6.61 Å². The van der Waals surface area contributed by atoms with E-state index in [1.807, 2.05) is 6.07 Å². The Kier molecular flexibility index (Phi) is 4.47. The second-order valence-electron chi connectivity index (χ2n) is 4.71. The summed E-state index contributed by atoms with van der Waals surface area (Å²) in [5.41, 5.74) is 5.38. The smallest absolute Gasteiger partial charge is 0.125 e. The first kappa shape index (κ1) is 14.5. The lowest BCUT2D eigenvalue weighted by molar-refractivity contribution is 0.351. The van der Waals surface area contributed by atoms with E-state index in [1.54, 1.807) is 11.3 Å². The predicted molar refractivity (Wildman–Crippen MR) is 89.1 cm³/mol. The van der Waals surface area contributed by atoms with E-state index in [1.165, 1.54) is 16.0 Å². The number of hydrogen-bond acceptors (Lipinski definition) is 4. The molecule has 1 aromatic carbocycles. The summed E-state index contributed by atoms with van der Waals surface area (Å²) >= 11 is 8.85. The van der Waals surface area contributed by atoms with E-state index in [9.17, 15) is 0 Å². The Bertz CT molecular complexity index is 630. The van der Waals surface area contributed by atoms with E-state index in [0.29, 0.717) is 0 Å². The fourth-order valence-electron chi connectivity index (χ4n) is 2.50. The second-order valence-corrected chi connectivity index (χ2v) is 7.43. The number of hydrazine groups is 1. The van der Waals surface area contributed by atoms with Crippen molar-refractivity contribution in [3.05, 3.63) is 48.5 Å². The van der Waals surface area contributed by atoms with Crippen molar-refractivity contribution in [2.24, 2.45) is 5.84 Å². The number of nitrogens with one attached hydrogen (secondary N) is 1. The van der Waals surface area contributed by atoms with Crippen LogP contribution in [0.25, 0.3) is 0 Å². The van der Waals surface area contributed by atoms with Crippen molar-refractivity contribution in [2.45, 2.75) is 18.9 Å². The van der Waals surface area contributed by atoms with Crippen LogP contribution < -0.4 is 16.0 Å². The molecule has 1 aromatic heterocycles. The van der Waals surface area contributed by atoms with Gasteiger partial charge in [-0.25, -0.2) is 0 Å². The first-order chi connectivity index (χ1) is 9.69. The van der Waals surface area contributed by atoms with Gasteiger partial charge in [0.05, 0.1) is 12.6 Å². The third kappa shape index (κ3) is 2.80. The number of nitrogens with two attached hydrogens (primary N) is 1. The highest BCUT2D eigenvalue weighted by Gasteiger charge is 2.22. The number of thiophene rings is 1. The number of ether oxygens (including phenoxy) is 1. The zero-order valence-electron chi connectivity index (χ0n) is 10.7. The van der Waals surface area contributed by atoms with Crippen molar-refractivity contribution in [3.63, 3.8) is 0 Å². The van der Waals surface area contributed by atoms with E-state index >= 15 is 0 Å². The normalized spacial score (nSPS) is 14.9. The SMILES string of the molecule is NNC(Cc1cc(Br)cc2c1OCC2)c1sccc1Br. The topological polar surface area (TPSA) is 47.3 Å². The van der Waals surface area contributed by atoms with E-state index in [4.69, 9.17) is 10.6 Å². The summed E-state index contributed by atoms with van der Waals surface area (Å²) in [6.45, 7) is 0.766. The van der Waals surface area contributed by atoms with Gasteiger partial charge < -0.3 is 4.74 Å². The molecule has 2 aromatic rings. The molecule has 1 atom stereocenters. The highest BCUT2D eigenvalue weighted by Crippen LogP contribution is 2.37. The summed E-state index contributed by atoms with van der Waals surface area (Å²) in [6.07, 6.45) is 1.78. The van der Waals surface area contributed by atoms with Crippen LogP contribution in [0.3, 0.4) is 0 Å². The van der Waals surface area contributed by atoms with Gasteiger partial charge in [0.25, 0.3) is 0 Å². The van der Waals surface area contributed by atoms with Gasteiger partial charge in [-0.1, -0.05) is 15.9 Å². The molecule has 20 heavy (non-hydrogen) atoms. The van der Waals surface area contributed by atoms with E-state index in [0.717, 1.165) is 34.1 Å². The van der Waals surface area contributed by atoms with Crippen molar-refractivity contribution in [1.82, 2.24) is 5.43 Å². The molecule has 1 aliphatic heterocycles. The van der Waals surface area contributed by atoms with Crippen molar-refractivity contribution in [1.29, 1.82) is 0 Å².